The molecule has 0 N–H and O–H groups in total. The molecule has 0 heterocycles. The first-order valence-electron chi connectivity index (χ1n) is 9.21. The van der Waals surface area contributed by atoms with E-state index in [4.69, 9.17) is 9.47 Å². The summed E-state index contributed by atoms with van der Waals surface area (Å²) in [4.78, 5) is 0. The quantitative estimate of drug-likeness (QED) is 0.361. The Morgan fingerprint density at radius 1 is 0.393 bits per heavy atom. The molecule has 0 unspecified atom stereocenters. The summed E-state index contributed by atoms with van der Waals surface area (Å²) in [6.07, 6.45) is 0. The van der Waals surface area contributed by atoms with Gasteiger partial charge >= 0.3 is 0 Å². The molecule has 0 aliphatic heterocycles. The van der Waals surface area contributed by atoms with Gasteiger partial charge in [0.15, 0.2) is 0 Å². The van der Waals surface area contributed by atoms with E-state index in [0.29, 0.717) is 5.95 Å². The van der Waals surface area contributed by atoms with E-state index in [-0.39, 0.29) is 0 Å². The van der Waals surface area contributed by atoms with Crippen molar-refractivity contribution in [2.45, 2.75) is 0 Å². The molecule has 0 aliphatic carbocycles. The van der Waals surface area contributed by atoms with Crippen molar-refractivity contribution in [1.82, 2.24) is 0 Å². The van der Waals surface area contributed by atoms with E-state index in [1.807, 2.05) is 97.1 Å². The molecule has 2 heteroatoms. The van der Waals surface area contributed by atoms with Crippen LogP contribution in [-0.4, -0.2) is 0 Å². The van der Waals surface area contributed by atoms with E-state index >= 15 is 0 Å². The lowest BCUT2D eigenvalue weighted by Crippen LogP contribution is -2.09. The molecular formula is C26H20O2. The Balaban J connectivity index is 1.88. The molecule has 0 radical (unpaired) electrons. The highest BCUT2D eigenvalue weighted by atomic mass is 16.7. The van der Waals surface area contributed by atoms with Crippen LogP contribution in [0.1, 0.15) is 11.1 Å². The first-order valence-corrected chi connectivity index (χ1v) is 9.21. The zero-order chi connectivity index (χ0) is 19.0. The fourth-order valence-electron chi connectivity index (χ4n) is 2.93. The molecule has 0 aliphatic rings. The topological polar surface area (TPSA) is 18.5 Å². The highest BCUT2D eigenvalue weighted by Crippen LogP contribution is 2.30. The average molecular weight is 364 g/mol. The molecule has 0 spiro atoms. The van der Waals surface area contributed by atoms with Crippen LogP contribution in [0.2, 0.25) is 0 Å². The van der Waals surface area contributed by atoms with Crippen LogP contribution >= 0.6 is 0 Å². The van der Waals surface area contributed by atoms with Gasteiger partial charge in [0, 0.05) is 0 Å². The molecular weight excluding hydrogens is 344 g/mol. The van der Waals surface area contributed by atoms with Gasteiger partial charge in [-0.2, -0.15) is 0 Å². The van der Waals surface area contributed by atoms with Gasteiger partial charge in [0.2, 0.25) is 0 Å². The van der Waals surface area contributed by atoms with E-state index in [1.54, 1.807) is 0 Å². The predicted octanol–water partition coefficient (Wildman–Crippen LogP) is 6.56. The van der Waals surface area contributed by atoms with Crippen LogP contribution in [0.15, 0.2) is 127 Å². The van der Waals surface area contributed by atoms with Crippen LogP contribution in [0.4, 0.5) is 0 Å². The van der Waals surface area contributed by atoms with Crippen molar-refractivity contribution in [3.63, 3.8) is 0 Å². The van der Waals surface area contributed by atoms with Gasteiger partial charge in [0.25, 0.3) is 5.95 Å². The number of benzene rings is 4. The predicted molar refractivity (Wildman–Crippen MR) is 113 cm³/mol. The standard InChI is InChI=1S/C26H20O2/c1-5-13-21(14-6-1)25(22-15-7-2-8-16-22)26(27-23-17-9-3-10-18-23)28-24-19-11-4-12-20-24/h1-20H. The van der Waals surface area contributed by atoms with Crippen molar-refractivity contribution in [1.29, 1.82) is 0 Å². The van der Waals surface area contributed by atoms with Gasteiger partial charge in [-0.05, 0) is 35.4 Å². The van der Waals surface area contributed by atoms with Crippen LogP contribution in [0.3, 0.4) is 0 Å². The van der Waals surface area contributed by atoms with Crippen LogP contribution in [-0.2, 0) is 0 Å². The summed E-state index contributed by atoms with van der Waals surface area (Å²) in [5, 5.41) is 0. The third-order valence-corrected chi connectivity index (χ3v) is 4.24. The molecule has 0 amide bonds. The first kappa shape index (κ1) is 17.6. The number of rotatable bonds is 6. The van der Waals surface area contributed by atoms with E-state index in [1.165, 1.54) is 0 Å². The second-order valence-corrected chi connectivity index (χ2v) is 6.22. The lowest BCUT2D eigenvalue weighted by Gasteiger charge is -2.17. The van der Waals surface area contributed by atoms with Crippen LogP contribution in [0.5, 0.6) is 11.5 Å². The third kappa shape index (κ3) is 4.30. The van der Waals surface area contributed by atoms with Crippen molar-refractivity contribution in [3.8, 4) is 11.5 Å². The van der Waals surface area contributed by atoms with Gasteiger partial charge in [-0.3, -0.25) is 0 Å². The maximum Gasteiger partial charge on any atom is 0.299 e. The molecule has 0 bridgehead atoms. The Morgan fingerprint density at radius 2 is 0.714 bits per heavy atom. The minimum absolute atomic E-state index is 0.440. The van der Waals surface area contributed by atoms with E-state index in [2.05, 4.69) is 24.3 Å². The van der Waals surface area contributed by atoms with Crippen LogP contribution < -0.4 is 9.47 Å². The number of para-hydroxylation sites is 2. The highest BCUT2D eigenvalue weighted by Gasteiger charge is 2.17. The SMILES string of the molecule is c1ccc(OC(Oc2ccccc2)=C(c2ccccc2)c2ccccc2)cc1. The Labute approximate surface area is 165 Å². The maximum absolute atomic E-state index is 6.25. The van der Waals surface area contributed by atoms with Gasteiger partial charge in [0.05, 0.1) is 5.57 Å². The summed E-state index contributed by atoms with van der Waals surface area (Å²) in [6, 6.07) is 39.7. The summed E-state index contributed by atoms with van der Waals surface area (Å²) in [7, 11) is 0. The van der Waals surface area contributed by atoms with Crippen molar-refractivity contribution in [2.75, 3.05) is 0 Å². The average Bonchev–Trinajstić information content (AvgIpc) is 2.77. The second kappa shape index (κ2) is 8.74. The molecule has 4 aromatic carbocycles. The summed E-state index contributed by atoms with van der Waals surface area (Å²) >= 11 is 0. The van der Waals surface area contributed by atoms with Gasteiger partial charge in [0.1, 0.15) is 11.5 Å². The monoisotopic (exact) mass is 364 g/mol. The third-order valence-electron chi connectivity index (χ3n) is 4.24. The molecule has 0 atom stereocenters. The molecule has 4 aromatic rings. The molecule has 0 saturated carbocycles. The molecule has 0 aromatic heterocycles. The zero-order valence-electron chi connectivity index (χ0n) is 15.4. The van der Waals surface area contributed by atoms with Gasteiger partial charge in [-0.25, -0.2) is 0 Å². The van der Waals surface area contributed by atoms with Crippen molar-refractivity contribution >= 4 is 5.57 Å². The molecule has 2 nitrogen and oxygen atoms in total. The fraction of sp³-hybridized carbons (Fsp3) is 0. The van der Waals surface area contributed by atoms with Gasteiger partial charge in [-0.1, -0.05) is 97.1 Å². The van der Waals surface area contributed by atoms with E-state index in [9.17, 15) is 0 Å². The molecule has 4 rings (SSSR count). The summed E-state index contributed by atoms with van der Waals surface area (Å²) in [6.45, 7) is 0. The molecule has 28 heavy (non-hydrogen) atoms. The molecule has 0 saturated heterocycles. The Bertz CT molecular complexity index is 940. The lowest BCUT2D eigenvalue weighted by molar-refractivity contribution is 0.229. The number of hydrogen-bond donors (Lipinski definition) is 0. The highest BCUT2D eigenvalue weighted by molar-refractivity contribution is 5.80. The van der Waals surface area contributed by atoms with Gasteiger partial charge in [-0.15, -0.1) is 0 Å². The van der Waals surface area contributed by atoms with E-state index in [0.717, 1.165) is 28.2 Å². The Morgan fingerprint density at radius 3 is 1.07 bits per heavy atom. The minimum atomic E-state index is 0.440. The zero-order valence-corrected chi connectivity index (χ0v) is 15.4. The lowest BCUT2D eigenvalue weighted by atomic mass is 9.99. The van der Waals surface area contributed by atoms with Crippen molar-refractivity contribution in [2.24, 2.45) is 0 Å². The summed E-state index contributed by atoms with van der Waals surface area (Å²) in [5.41, 5.74) is 2.94. The Kier molecular flexibility index (Phi) is 5.50. The van der Waals surface area contributed by atoms with Crippen LogP contribution in [0, 0.1) is 0 Å². The van der Waals surface area contributed by atoms with Crippen molar-refractivity contribution in [3.05, 3.63) is 138 Å². The van der Waals surface area contributed by atoms with E-state index < -0.39 is 0 Å². The summed E-state index contributed by atoms with van der Waals surface area (Å²) < 4.78 is 12.5. The number of ether oxygens (including phenoxy) is 2. The van der Waals surface area contributed by atoms with Gasteiger partial charge < -0.3 is 9.47 Å². The van der Waals surface area contributed by atoms with Crippen LogP contribution in [0.25, 0.3) is 5.57 Å². The minimum Gasteiger partial charge on any atom is -0.426 e. The second-order valence-electron chi connectivity index (χ2n) is 6.22. The normalized spacial score (nSPS) is 10.1. The Hall–Kier alpha value is -3.78. The molecule has 136 valence electrons. The fourth-order valence-corrected chi connectivity index (χ4v) is 2.93. The summed E-state index contributed by atoms with van der Waals surface area (Å²) in [5.74, 6) is 1.88. The largest absolute Gasteiger partial charge is 0.426 e. The van der Waals surface area contributed by atoms with Crippen molar-refractivity contribution < 1.29 is 9.47 Å². The number of hydrogen-bond acceptors (Lipinski definition) is 2. The first-order chi connectivity index (χ1) is 13.9. The smallest absolute Gasteiger partial charge is 0.299 e. The molecule has 0 fully saturated rings. The maximum atomic E-state index is 6.25.